The summed E-state index contributed by atoms with van der Waals surface area (Å²) in [5, 5.41) is 12.3. The number of anilines is 1. The first-order chi connectivity index (χ1) is 11.2. The van der Waals surface area contributed by atoms with Crippen LogP contribution in [0.2, 0.25) is 0 Å². The van der Waals surface area contributed by atoms with E-state index in [-0.39, 0.29) is 5.91 Å². The van der Waals surface area contributed by atoms with Gasteiger partial charge in [0.25, 0.3) is 0 Å². The zero-order valence-electron chi connectivity index (χ0n) is 12.9. The van der Waals surface area contributed by atoms with Gasteiger partial charge >= 0.3 is 0 Å². The summed E-state index contributed by atoms with van der Waals surface area (Å²) in [6, 6.07) is 17.5. The molecular weight excluding hydrogens is 308 g/mol. The van der Waals surface area contributed by atoms with Crippen molar-refractivity contribution in [2.45, 2.75) is 12.1 Å². The number of carbonyl (C=O) groups is 1. The van der Waals surface area contributed by atoms with E-state index in [1.807, 2.05) is 65.4 Å². The smallest absolute Gasteiger partial charge is 0.221 e. The molecule has 3 aromatic rings. The Kier molecular flexibility index (Phi) is 4.43. The lowest BCUT2D eigenvalue weighted by Crippen LogP contribution is -2.08. The molecule has 5 nitrogen and oxygen atoms in total. The Morgan fingerprint density at radius 1 is 1.04 bits per heavy atom. The molecule has 1 N–H and O–H groups in total. The Morgan fingerprint density at radius 2 is 1.74 bits per heavy atom. The lowest BCUT2D eigenvalue weighted by molar-refractivity contribution is -0.114. The van der Waals surface area contributed by atoms with Gasteiger partial charge in [-0.05, 0) is 30.5 Å². The molecule has 2 aromatic carbocycles. The normalized spacial score (nSPS) is 10.5. The molecule has 0 spiro atoms. The average Bonchev–Trinajstić information content (AvgIpc) is 2.99. The van der Waals surface area contributed by atoms with Crippen LogP contribution in [-0.4, -0.2) is 26.9 Å². The van der Waals surface area contributed by atoms with Gasteiger partial charge in [-0.25, -0.2) is 0 Å². The van der Waals surface area contributed by atoms with Gasteiger partial charge in [-0.2, -0.15) is 0 Å². The highest BCUT2D eigenvalue weighted by Gasteiger charge is 2.17. The molecule has 0 aliphatic carbocycles. The molecule has 0 saturated carbocycles. The summed E-state index contributed by atoms with van der Waals surface area (Å²) in [6.45, 7) is 1.49. The van der Waals surface area contributed by atoms with Gasteiger partial charge in [-0.1, -0.05) is 42.1 Å². The maximum absolute atomic E-state index is 11.5. The minimum atomic E-state index is -0.117. The summed E-state index contributed by atoms with van der Waals surface area (Å²) < 4.78 is 1.99. The molecule has 0 saturated heterocycles. The van der Waals surface area contributed by atoms with Gasteiger partial charge in [0, 0.05) is 18.2 Å². The van der Waals surface area contributed by atoms with Gasteiger partial charge in [-0.15, -0.1) is 10.2 Å². The number of aromatic nitrogens is 3. The van der Waals surface area contributed by atoms with Crippen molar-refractivity contribution in [3.63, 3.8) is 0 Å². The second kappa shape index (κ2) is 6.66. The molecule has 116 valence electrons. The number of nitrogens with zero attached hydrogens (tertiary/aromatic N) is 3. The van der Waals surface area contributed by atoms with Crippen molar-refractivity contribution in [3.05, 3.63) is 54.6 Å². The molecule has 1 amide bonds. The van der Waals surface area contributed by atoms with Crippen molar-refractivity contribution in [1.82, 2.24) is 14.8 Å². The van der Waals surface area contributed by atoms with Crippen LogP contribution < -0.4 is 5.32 Å². The van der Waals surface area contributed by atoms with Crippen molar-refractivity contribution in [2.24, 2.45) is 0 Å². The van der Waals surface area contributed by atoms with E-state index in [0.717, 1.165) is 22.1 Å². The molecule has 0 radical (unpaired) electrons. The fraction of sp³-hybridized carbons (Fsp3) is 0.118. The first kappa shape index (κ1) is 15.3. The first-order valence-corrected chi connectivity index (χ1v) is 8.35. The Balaban J connectivity index is 2.19. The van der Waals surface area contributed by atoms with E-state index in [2.05, 4.69) is 15.5 Å². The largest absolute Gasteiger partial charge is 0.326 e. The summed E-state index contributed by atoms with van der Waals surface area (Å²) in [5.74, 6) is 0.582. The van der Waals surface area contributed by atoms with Crippen molar-refractivity contribution in [2.75, 3.05) is 11.6 Å². The van der Waals surface area contributed by atoms with Gasteiger partial charge in [0.05, 0.1) is 5.69 Å². The number of amides is 1. The van der Waals surface area contributed by atoms with E-state index >= 15 is 0 Å². The third-order valence-electron chi connectivity index (χ3n) is 3.31. The van der Waals surface area contributed by atoms with E-state index < -0.39 is 0 Å². The minimum absolute atomic E-state index is 0.117. The third-order valence-corrected chi connectivity index (χ3v) is 3.94. The molecule has 0 fully saturated rings. The average molecular weight is 324 g/mol. The molecule has 23 heavy (non-hydrogen) atoms. The zero-order chi connectivity index (χ0) is 16.2. The number of benzene rings is 2. The van der Waals surface area contributed by atoms with Gasteiger partial charge in [-0.3, -0.25) is 9.36 Å². The topological polar surface area (TPSA) is 59.8 Å². The quantitative estimate of drug-likeness (QED) is 0.745. The van der Waals surface area contributed by atoms with Crippen LogP contribution in [0.4, 0.5) is 5.69 Å². The van der Waals surface area contributed by atoms with Crippen molar-refractivity contribution >= 4 is 23.4 Å². The second-order valence-corrected chi connectivity index (χ2v) is 5.68. The number of nitrogens with one attached hydrogen (secondary N) is 1. The molecule has 1 heterocycles. The number of thioether (sulfide) groups is 1. The number of hydrogen-bond acceptors (Lipinski definition) is 4. The first-order valence-electron chi connectivity index (χ1n) is 7.12. The van der Waals surface area contributed by atoms with Gasteiger partial charge in [0.1, 0.15) is 0 Å². The molecule has 0 aliphatic heterocycles. The van der Waals surface area contributed by atoms with Crippen LogP contribution in [0.25, 0.3) is 17.1 Å². The molecule has 0 unspecified atom stereocenters. The monoisotopic (exact) mass is 324 g/mol. The van der Waals surface area contributed by atoms with Gasteiger partial charge in [0.15, 0.2) is 11.0 Å². The molecule has 0 bridgehead atoms. The summed E-state index contributed by atoms with van der Waals surface area (Å²) in [4.78, 5) is 11.5. The number of para-hydroxylation sites is 2. The SMILES string of the molecule is CSc1nnc(-c2ccccc2NC(C)=O)n1-c1ccccc1. The van der Waals surface area contributed by atoms with Crippen LogP contribution in [0.15, 0.2) is 59.8 Å². The van der Waals surface area contributed by atoms with Gasteiger partial charge < -0.3 is 5.32 Å². The predicted octanol–water partition coefficient (Wildman–Crippen LogP) is 3.61. The molecule has 6 heteroatoms. The number of carbonyl (C=O) groups excluding carboxylic acids is 1. The van der Waals surface area contributed by atoms with E-state index in [1.165, 1.54) is 18.7 Å². The molecule has 0 aliphatic rings. The highest BCUT2D eigenvalue weighted by molar-refractivity contribution is 7.98. The van der Waals surface area contributed by atoms with Crippen molar-refractivity contribution < 1.29 is 4.79 Å². The Labute approximate surface area is 138 Å². The number of hydrogen-bond donors (Lipinski definition) is 1. The Bertz CT molecular complexity index is 830. The lowest BCUT2D eigenvalue weighted by Gasteiger charge is -2.12. The molecule has 0 atom stereocenters. The maximum Gasteiger partial charge on any atom is 0.221 e. The Morgan fingerprint density at radius 3 is 2.43 bits per heavy atom. The van der Waals surface area contributed by atoms with E-state index in [0.29, 0.717) is 5.82 Å². The lowest BCUT2D eigenvalue weighted by atomic mass is 10.1. The fourth-order valence-electron chi connectivity index (χ4n) is 2.36. The van der Waals surface area contributed by atoms with E-state index in [4.69, 9.17) is 0 Å². The standard InChI is InChI=1S/C17H16N4OS/c1-12(22)18-15-11-7-6-10-14(15)16-19-20-17(23-2)21(16)13-8-4-3-5-9-13/h3-11H,1-2H3,(H,18,22). The fourth-order valence-corrected chi connectivity index (χ4v) is 2.86. The van der Waals surface area contributed by atoms with Crippen LogP contribution in [0.1, 0.15) is 6.92 Å². The van der Waals surface area contributed by atoms with Crippen LogP contribution in [0.5, 0.6) is 0 Å². The van der Waals surface area contributed by atoms with Crippen LogP contribution >= 0.6 is 11.8 Å². The molecule has 1 aromatic heterocycles. The molecular formula is C17H16N4OS. The Hall–Kier alpha value is -2.60. The molecule has 3 rings (SSSR count). The number of rotatable bonds is 4. The van der Waals surface area contributed by atoms with Crippen LogP contribution in [0, 0.1) is 0 Å². The highest BCUT2D eigenvalue weighted by Crippen LogP contribution is 2.31. The third kappa shape index (κ3) is 3.12. The zero-order valence-corrected chi connectivity index (χ0v) is 13.7. The summed E-state index contributed by atoms with van der Waals surface area (Å²) in [7, 11) is 0. The van der Waals surface area contributed by atoms with Gasteiger partial charge in [0.2, 0.25) is 5.91 Å². The summed E-state index contributed by atoms with van der Waals surface area (Å²) in [5.41, 5.74) is 2.53. The van der Waals surface area contributed by atoms with E-state index in [1.54, 1.807) is 0 Å². The predicted molar refractivity (Wildman–Crippen MR) is 92.9 cm³/mol. The van der Waals surface area contributed by atoms with Crippen LogP contribution in [0.3, 0.4) is 0 Å². The summed E-state index contributed by atoms with van der Waals surface area (Å²) >= 11 is 1.53. The maximum atomic E-state index is 11.5. The summed E-state index contributed by atoms with van der Waals surface area (Å²) in [6.07, 6.45) is 1.97. The minimum Gasteiger partial charge on any atom is -0.326 e. The van der Waals surface area contributed by atoms with E-state index in [9.17, 15) is 4.79 Å². The van der Waals surface area contributed by atoms with Crippen molar-refractivity contribution in [3.8, 4) is 17.1 Å². The second-order valence-electron chi connectivity index (χ2n) is 4.91. The van der Waals surface area contributed by atoms with Crippen LogP contribution in [-0.2, 0) is 4.79 Å². The van der Waals surface area contributed by atoms with Crippen molar-refractivity contribution in [1.29, 1.82) is 0 Å². The highest BCUT2D eigenvalue weighted by atomic mass is 32.2.